The van der Waals surface area contributed by atoms with Crippen LogP contribution in [0.25, 0.3) is 0 Å². The highest BCUT2D eigenvalue weighted by molar-refractivity contribution is 5.97. The molecule has 0 saturated carbocycles. The summed E-state index contributed by atoms with van der Waals surface area (Å²) in [7, 11) is 0. The van der Waals surface area contributed by atoms with Gasteiger partial charge in [0.05, 0.1) is 31.2 Å². The summed E-state index contributed by atoms with van der Waals surface area (Å²) in [6, 6.07) is 13.5. The first-order chi connectivity index (χ1) is 21.0. The first-order valence-electron chi connectivity index (χ1n) is 15.0. The summed E-state index contributed by atoms with van der Waals surface area (Å²) in [5, 5.41) is 16.8. The number of nitrogens with zero attached hydrogens (tertiary/aromatic N) is 3. The standard InChI is InChI=1S/C31H42N8O4/c1-2-41-31-38-29-35-21-22-11-14-24(15-12-22)42-18-8-3-4-9-19-43-26-20-23(36-30(37-29)39-31)13-16-25(26)28(40)34-17-7-5-6-10-27(32)33/h11-16,20H,2-10,17-19,21H2,1H3,(H3,32,33)(H,34,40)(H2,35,36,37,38,39). The Hall–Kier alpha value is -4.61. The van der Waals surface area contributed by atoms with Crippen LogP contribution in [0.1, 0.15) is 74.2 Å². The summed E-state index contributed by atoms with van der Waals surface area (Å²) in [4.78, 5) is 26.4. The quantitative estimate of drug-likeness (QED) is 0.127. The lowest BCUT2D eigenvalue weighted by atomic mass is 10.1. The second-order valence-electron chi connectivity index (χ2n) is 10.2. The lowest BCUT2D eigenvalue weighted by Crippen LogP contribution is -2.25. The van der Waals surface area contributed by atoms with Crippen LogP contribution in [-0.4, -0.2) is 53.1 Å². The van der Waals surface area contributed by atoms with Crippen LogP contribution in [0, 0.1) is 5.41 Å². The van der Waals surface area contributed by atoms with E-state index in [1.165, 1.54) is 0 Å². The van der Waals surface area contributed by atoms with Crippen LogP contribution in [0.5, 0.6) is 17.5 Å². The van der Waals surface area contributed by atoms with Gasteiger partial charge in [0.15, 0.2) is 0 Å². The Labute approximate surface area is 252 Å². The zero-order chi connectivity index (χ0) is 30.3. The van der Waals surface area contributed by atoms with E-state index in [1.54, 1.807) is 18.2 Å². The predicted octanol–water partition coefficient (Wildman–Crippen LogP) is 5.18. The molecule has 230 valence electrons. The normalized spacial score (nSPS) is 13.7. The number of amidine groups is 1. The van der Waals surface area contributed by atoms with Gasteiger partial charge in [0.1, 0.15) is 11.5 Å². The fraction of sp³-hybridized carbons (Fsp3) is 0.452. The van der Waals surface area contributed by atoms with Crippen molar-refractivity contribution in [2.75, 3.05) is 37.0 Å². The molecule has 3 aromatic rings. The minimum absolute atomic E-state index is 0.191. The smallest absolute Gasteiger partial charge is 0.323 e. The van der Waals surface area contributed by atoms with Crippen molar-refractivity contribution >= 4 is 29.3 Å². The van der Waals surface area contributed by atoms with Gasteiger partial charge >= 0.3 is 6.01 Å². The number of nitrogens with two attached hydrogens (primary N) is 1. The fourth-order valence-electron chi connectivity index (χ4n) is 4.45. The van der Waals surface area contributed by atoms with Crippen LogP contribution in [0.15, 0.2) is 42.5 Å². The summed E-state index contributed by atoms with van der Waals surface area (Å²) in [5.41, 5.74) is 7.59. The maximum Gasteiger partial charge on any atom is 0.323 e. The van der Waals surface area contributed by atoms with Crippen molar-refractivity contribution in [1.82, 2.24) is 20.3 Å². The topological polar surface area (TPSA) is 169 Å². The molecule has 2 aromatic carbocycles. The van der Waals surface area contributed by atoms with Gasteiger partial charge in [-0.05, 0) is 75.3 Å². The van der Waals surface area contributed by atoms with Gasteiger partial charge in [0, 0.05) is 31.3 Å². The molecule has 2 aliphatic heterocycles. The molecule has 0 aliphatic carbocycles. The van der Waals surface area contributed by atoms with E-state index in [9.17, 15) is 4.79 Å². The molecule has 12 heteroatoms. The van der Waals surface area contributed by atoms with Crippen molar-refractivity contribution in [3.05, 3.63) is 53.6 Å². The Morgan fingerprint density at radius 2 is 1.74 bits per heavy atom. The lowest BCUT2D eigenvalue weighted by molar-refractivity contribution is 0.0948. The Balaban J connectivity index is 1.51. The van der Waals surface area contributed by atoms with Gasteiger partial charge < -0.3 is 35.9 Å². The molecule has 12 nitrogen and oxygen atoms in total. The minimum atomic E-state index is -0.201. The number of rotatable bonds is 9. The van der Waals surface area contributed by atoms with Gasteiger partial charge in [0.2, 0.25) is 11.9 Å². The highest BCUT2D eigenvalue weighted by Crippen LogP contribution is 2.27. The molecule has 2 aliphatic rings. The maximum atomic E-state index is 13.1. The van der Waals surface area contributed by atoms with Crippen molar-refractivity contribution in [3.63, 3.8) is 0 Å². The molecule has 0 fully saturated rings. The van der Waals surface area contributed by atoms with E-state index in [1.807, 2.05) is 31.2 Å². The highest BCUT2D eigenvalue weighted by atomic mass is 16.5. The molecule has 6 bridgehead atoms. The van der Waals surface area contributed by atoms with E-state index in [2.05, 4.69) is 30.9 Å². The van der Waals surface area contributed by atoms with Crippen molar-refractivity contribution in [2.45, 2.75) is 64.8 Å². The third-order valence-electron chi connectivity index (χ3n) is 6.72. The van der Waals surface area contributed by atoms with Crippen molar-refractivity contribution < 1.29 is 19.0 Å². The van der Waals surface area contributed by atoms with Crippen LogP contribution in [0.3, 0.4) is 0 Å². The average molecular weight is 591 g/mol. The predicted molar refractivity (Wildman–Crippen MR) is 167 cm³/mol. The monoisotopic (exact) mass is 590 g/mol. The molecule has 3 heterocycles. The zero-order valence-corrected chi connectivity index (χ0v) is 24.8. The van der Waals surface area contributed by atoms with Crippen LogP contribution in [0.4, 0.5) is 17.6 Å². The number of nitrogens with one attached hydrogen (secondary N) is 4. The summed E-state index contributed by atoms with van der Waals surface area (Å²) in [6.07, 6.45) is 6.91. The van der Waals surface area contributed by atoms with Gasteiger partial charge in [-0.3, -0.25) is 10.2 Å². The number of fused-ring (bicyclic) bond motifs is 10. The van der Waals surface area contributed by atoms with Crippen LogP contribution in [-0.2, 0) is 6.54 Å². The molecule has 5 rings (SSSR count). The van der Waals surface area contributed by atoms with Crippen molar-refractivity contribution in [1.29, 1.82) is 5.41 Å². The van der Waals surface area contributed by atoms with Gasteiger partial charge in [-0.1, -0.05) is 18.6 Å². The first-order valence-corrected chi connectivity index (χ1v) is 15.0. The number of amides is 1. The molecule has 0 atom stereocenters. The van der Waals surface area contributed by atoms with E-state index in [0.717, 1.165) is 56.3 Å². The van der Waals surface area contributed by atoms with Gasteiger partial charge in [-0.15, -0.1) is 0 Å². The molecule has 0 unspecified atom stereocenters. The first kappa shape index (κ1) is 31.3. The van der Waals surface area contributed by atoms with E-state index < -0.39 is 0 Å². The molecular weight excluding hydrogens is 548 g/mol. The zero-order valence-electron chi connectivity index (χ0n) is 24.8. The summed E-state index contributed by atoms with van der Waals surface area (Å²) in [6.45, 7) is 4.44. The maximum absolute atomic E-state index is 13.1. The summed E-state index contributed by atoms with van der Waals surface area (Å²) < 4.78 is 17.6. The average Bonchev–Trinajstić information content (AvgIpc) is 2.99. The Kier molecular flexibility index (Phi) is 12.2. The number of aromatic nitrogens is 3. The van der Waals surface area contributed by atoms with Crippen LogP contribution < -0.4 is 35.9 Å². The highest BCUT2D eigenvalue weighted by Gasteiger charge is 2.15. The second kappa shape index (κ2) is 16.7. The molecule has 0 radical (unpaired) electrons. The number of carbonyl (C=O) groups is 1. The van der Waals surface area contributed by atoms with E-state index in [-0.39, 0.29) is 17.8 Å². The Morgan fingerprint density at radius 1 is 0.977 bits per heavy atom. The lowest BCUT2D eigenvalue weighted by Gasteiger charge is -2.15. The van der Waals surface area contributed by atoms with Crippen molar-refractivity contribution in [3.8, 4) is 17.5 Å². The van der Waals surface area contributed by atoms with E-state index in [4.69, 9.17) is 25.4 Å². The molecule has 0 spiro atoms. The molecule has 1 aromatic heterocycles. The number of anilines is 3. The van der Waals surface area contributed by atoms with E-state index in [0.29, 0.717) is 68.2 Å². The molecule has 43 heavy (non-hydrogen) atoms. The number of hydrogen-bond acceptors (Lipinski definition) is 10. The Morgan fingerprint density at radius 3 is 2.51 bits per heavy atom. The molecule has 6 N–H and O–H groups in total. The Bertz CT molecular complexity index is 1340. The third-order valence-corrected chi connectivity index (χ3v) is 6.72. The van der Waals surface area contributed by atoms with E-state index >= 15 is 0 Å². The fourth-order valence-corrected chi connectivity index (χ4v) is 4.45. The van der Waals surface area contributed by atoms with Gasteiger partial charge in [0.25, 0.3) is 5.91 Å². The van der Waals surface area contributed by atoms with Gasteiger partial charge in [-0.2, -0.15) is 15.0 Å². The van der Waals surface area contributed by atoms with Gasteiger partial charge in [-0.25, -0.2) is 0 Å². The summed E-state index contributed by atoms with van der Waals surface area (Å²) >= 11 is 0. The third kappa shape index (κ3) is 10.6. The van der Waals surface area contributed by atoms with Crippen LogP contribution >= 0.6 is 0 Å². The second-order valence-corrected chi connectivity index (χ2v) is 10.2. The van der Waals surface area contributed by atoms with Crippen LogP contribution in [0.2, 0.25) is 0 Å². The number of benzene rings is 2. The number of ether oxygens (including phenoxy) is 3. The molecular formula is C31H42N8O4. The SMILES string of the molecule is CCOc1nc2nc(n1)Nc1ccc(C(=O)NCCCCCC(=N)N)c(c1)OCCCCCCOc1ccc(cc1)CN2. The largest absolute Gasteiger partial charge is 0.494 e. The number of unbranched alkanes of at least 4 members (excludes halogenated alkanes) is 2. The number of hydrogen-bond donors (Lipinski definition) is 5. The number of carbonyl (C=O) groups excluding carboxylic acids is 1. The minimum Gasteiger partial charge on any atom is -0.494 e. The molecule has 1 amide bonds. The van der Waals surface area contributed by atoms with Crippen molar-refractivity contribution in [2.24, 2.45) is 5.73 Å². The molecule has 0 saturated heterocycles. The summed E-state index contributed by atoms with van der Waals surface area (Å²) in [5.74, 6) is 1.97.